The number of anilines is 2. The number of hydrogen-bond donors (Lipinski definition) is 3. The van der Waals surface area contributed by atoms with Gasteiger partial charge in [-0.05, 0) is 12.7 Å². The molecule has 2 aromatic rings. The van der Waals surface area contributed by atoms with Gasteiger partial charge in [-0.2, -0.15) is 4.98 Å². The van der Waals surface area contributed by atoms with Crippen LogP contribution in [0.25, 0.3) is 0 Å². The average Bonchev–Trinajstić information content (AvgIpc) is 3.10. The second-order valence-electron chi connectivity index (χ2n) is 4.16. The summed E-state index contributed by atoms with van der Waals surface area (Å²) in [7, 11) is 0. The van der Waals surface area contributed by atoms with Crippen LogP contribution in [0.3, 0.4) is 0 Å². The predicted octanol–water partition coefficient (Wildman–Crippen LogP) is 2.19. The number of thiophene rings is 1. The van der Waals surface area contributed by atoms with Gasteiger partial charge >= 0.3 is 0 Å². The lowest BCUT2D eigenvalue weighted by atomic mass is 10.3. The van der Waals surface area contributed by atoms with Crippen LogP contribution in [0.4, 0.5) is 10.7 Å². The van der Waals surface area contributed by atoms with E-state index in [1.54, 1.807) is 0 Å². The molecule has 0 aromatic carbocycles. The second-order valence-corrected chi connectivity index (χ2v) is 6.00. The molecule has 0 unspecified atom stereocenters. The predicted molar refractivity (Wildman–Crippen MR) is 84.8 cm³/mol. The quantitative estimate of drug-likeness (QED) is 0.669. The monoisotopic (exact) mass is 327 g/mol. The standard InChI is InChI=1S/C12H17N5O2S2/c1-3-4-14-11(18)9-8(13)10(20-2)12(21-9)15-5-7-16-6-19-17-7/h6,15H,3-5,13H2,1-2H3,(H,14,18). The van der Waals surface area contributed by atoms with E-state index in [-0.39, 0.29) is 5.91 Å². The summed E-state index contributed by atoms with van der Waals surface area (Å²) in [4.78, 5) is 17.4. The number of hydrogen-bond acceptors (Lipinski definition) is 8. The first-order valence-corrected chi connectivity index (χ1v) is 8.45. The first-order valence-electron chi connectivity index (χ1n) is 6.40. The molecule has 21 heavy (non-hydrogen) atoms. The van der Waals surface area contributed by atoms with Gasteiger partial charge in [0, 0.05) is 6.54 Å². The largest absolute Gasteiger partial charge is 0.396 e. The number of carbonyl (C=O) groups is 1. The Morgan fingerprint density at radius 1 is 1.57 bits per heavy atom. The molecule has 0 aliphatic heterocycles. The minimum atomic E-state index is -0.137. The van der Waals surface area contributed by atoms with Crippen LogP contribution in [-0.4, -0.2) is 28.8 Å². The highest BCUT2D eigenvalue weighted by molar-refractivity contribution is 7.99. The Labute approximate surface area is 130 Å². The van der Waals surface area contributed by atoms with Gasteiger partial charge in [0.1, 0.15) is 9.88 Å². The highest BCUT2D eigenvalue weighted by Gasteiger charge is 2.20. The summed E-state index contributed by atoms with van der Waals surface area (Å²) in [6, 6.07) is 0. The Morgan fingerprint density at radius 3 is 3.00 bits per heavy atom. The van der Waals surface area contributed by atoms with E-state index in [1.165, 1.54) is 29.5 Å². The van der Waals surface area contributed by atoms with Gasteiger partial charge in [0.15, 0.2) is 5.82 Å². The Balaban J connectivity index is 2.15. The van der Waals surface area contributed by atoms with Gasteiger partial charge in [0.25, 0.3) is 5.91 Å². The third kappa shape index (κ3) is 3.67. The van der Waals surface area contributed by atoms with Crippen LogP contribution in [0.2, 0.25) is 0 Å². The van der Waals surface area contributed by atoms with Crippen molar-refractivity contribution < 1.29 is 9.32 Å². The number of thioether (sulfide) groups is 1. The number of carbonyl (C=O) groups excluding carboxylic acids is 1. The molecule has 9 heteroatoms. The van der Waals surface area contributed by atoms with Crippen LogP contribution >= 0.6 is 23.1 Å². The minimum absolute atomic E-state index is 0.137. The molecule has 4 N–H and O–H groups in total. The first kappa shape index (κ1) is 15.6. The lowest BCUT2D eigenvalue weighted by molar-refractivity contribution is 0.0958. The summed E-state index contributed by atoms with van der Waals surface area (Å²) in [5.41, 5.74) is 6.59. The Kier molecular flexibility index (Phi) is 5.45. The number of amides is 1. The topological polar surface area (TPSA) is 106 Å². The number of nitrogens with one attached hydrogen (secondary N) is 2. The zero-order valence-electron chi connectivity index (χ0n) is 11.8. The number of rotatable bonds is 7. The molecule has 0 radical (unpaired) electrons. The second kappa shape index (κ2) is 7.32. The van der Waals surface area contributed by atoms with E-state index in [2.05, 4.69) is 25.3 Å². The van der Waals surface area contributed by atoms with Gasteiger partial charge in [0.2, 0.25) is 6.39 Å². The molecular weight excluding hydrogens is 310 g/mol. The number of nitrogens with zero attached hydrogens (tertiary/aromatic N) is 2. The molecule has 0 saturated heterocycles. The fourth-order valence-electron chi connectivity index (χ4n) is 1.66. The van der Waals surface area contributed by atoms with Gasteiger partial charge in [-0.1, -0.05) is 12.1 Å². The van der Waals surface area contributed by atoms with Gasteiger partial charge < -0.3 is 20.9 Å². The molecule has 0 spiro atoms. The van der Waals surface area contributed by atoms with Crippen LogP contribution in [0, 0.1) is 0 Å². The van der Waals surface area contributed by atoms with Gasteiger partial charge in [-0.15, -0.1) is 23.1 Å². The van der Waals surface area contributed by atoms with Crippen LogP contribution < -0.4 is 16.4 Å². The summed E-state index contributed by atoms with van der Waals surface area (Å²) >= 11 is 2.84. The van der Waals surface area contributed by atoms with E-state index in [0.717, 1.165) is 16.3 Å². The molecule has 114 valence electrons. The fourth-order valence-corrected chi connectivity index (χ4v) is 3.61. The first-order chi connectivity index (χ1) is 10.2. The van der Waals surface area contributed by atoms with E-state index in [9.17, 15) is 4.79 Å². The number of nitrogen functional groups attached to an aromatic ring is 1. The molecule has 2 heterocycles. The van der Waals surface area contributed by atoms with E-state index in [0.29, 0.717) is 29.5 Å². The lowest BCUT2D eigenvalue weighted by Crippen LogP contribution is -2.23. The number of nitrogens with two attached hydrogens (primary N) is 1. The van der Waals surface area contributed by atoms with Crippen molar-refractivity contribution in [3.05, 3.63) is 17.1 Å². The third-order valence-corrected chi connectivity index (χ3v) is 4.78. The SMILES string of the molecule is CCCNC(=O)c1sc(NCc2ncon2)c(SC)c1N. The van der Waals surface area contributed by atoms with Crippen molar-refractivity contribution in [1.29, 1.82) is 0 Å². The van der Waals surface area contributed by atoms with Crippen molar-refractivity contribution in [2.75, 3.05) is 23.9 Å². The van der Waals surface area contributed by atoms with Crippen LogP contribution in [0.15, 0.2) is 15.8 Å². The van der Waals surface area contributed by atoms with Gasteiger partial charge in [0.05, 0.1) is 17.1 Å². The summed E-state index contributed by atoms with van der Waals surface area (Å²) in [6.07, 6.45) is 4.08. The smallest absolute Gasteiger partial charge is 0.263 e. The molecule has 0 saturated carbocycles. The Morgan fingerprint density at radius 2 is 2.38 bits per heavy atom. The van der Waals surface area contributed by atoms with E-state index >= 15 is 0 Å². The van der Waals surface area contributed by atoms with Crippen molar-refractivity contribution in [2.24, 2.45) is 0 Å². The van der Waals surface area contributed by atoms with Crippen molar-refractivity contribution in [1.82, 2.24) is 15.5 Å². The Hall–Kier alpha value is -1.74. The summed E-state index contributed by atoms with van der Waals surface area (Å²) in [6.45, 7) is 3.06. The third-order valence-electron chi connectivity index (χ3n) is 2.66. The van der Waals surface area contributed by atoms with Crippen molar-refractivity contribution in [3.8, 4) is 0 Å². The molecular formula is C12H17N5O2S2. The molecule has 0 atom stereocenters. The number of aromatic nitrogens is 2. The zero-order chi connectivity index (χ0) is 15.2. The lowest BCUT2D eigenvalue weighted by Gasteiger charge is -2.03. The van der Waals surface area contributed by atoms with Gasteiger partial charge in [-0.3, -0.25) is 4.79 Å². The molecule has 2 rings (SSSR count). The molecule has 0 bridgehead atoms. The summed E-state index contributed by atoms with van der Waals surface area (Å²) in [5, 5.41) is 10.6. The highest BCUT2D eigenvalue weighted by atomic mass is 32.2. The fraction of sp³-hybridized carbons (Fsp3) is 0.417. The van der Waals surface area contributed by atoms with E-state index in [1.807, 2.05) is 13.2 Å². The van der Waals surface area contributed by atoms with Crippen molar-refractivity contribution in [3.63, 3.8) is 0 Å². The summed E-state index contributed by atoms with van der Waals surface area (Å²) in [5.74, 6) is 0.410. The minimum Gasteiger partial charge on any atom is -0.396 e. The van der Waals surface area contributed by atoms with E-state index < -0.39 is 0 Å². The average molecular weight is 327 g/mol. The van der Waals surface area contributed by atoms with Gasteiger partial charge in [-0.25, -0.2) is 0 Å². The summed E-state index contributed by atoms with van der Waals surface area (Å²) < 4.78 is 4.68. The van der Waals surface area contributed by atoms with Crippen LogP contribution in [-0.2, 0) is 6.54 Å². The van der Waals surface area contributed by atoms with E-state index in [4.69, 9.17) is 5.73 Å². The molecule has 2 aromatic heterocycles. The molecule has 7 nitrogen and oxygen atoms in total. The highest BCUT2D eigenvalue weighted by Crippen LogP contribution is 2.41. The molecule has 1 amide bonds. The van der Waals surface area contributed by atoms with Crippen molar-refractivity contribution >= 4 is 39.7 Å². The van der Waals surface area contributed by atoms with Crippen LogP contribution in [0.5, 0.6) is 0 Å². The Bertz CT molecular complexity index is 597. The molecule has 0 aliphatic carbocycles. The molecule has 0 aliphatic rings. The van der Waals surface area contributed by atoms with Crippen LogP contribution in [0.1, 0.15) is 28.8 Å². The zero-order valence-corrected chi connectivity index (χ0v) is 13.4. The maximum absolute atomic E-state index is 12.1. The van der Waals surface area contributed by atoms with Crippen molar-refractivity contribution in [2.45, 2.75) is 24.8 Å². The maximum atomic E-state index is 12.1. The maximum Gasteiger partial charge on any atom is 0.263 e. The normalized spacial score (nSPS) is 10.6. The molecule has 0 fully saturated rings.